The maximum absolute atomic E-state index is 10.8. The smallest absolute Gasteiger partial charge is 0.337 e. The molecule has 18 heavy (non-hydrogen) atoms. The van der Waals surface area contributed by atoms with Gasteiger partial charge < -0.3 is 10.8 Å². The van der Waals surface area contributed by atoms with Crippen LogP contribution >= 0.6 is 11.8 Å². The van der Waals surface area contributed by atoms with Gasteiger partial charge in [0.25, 0.3) is 0 Å². The third-order valence-corrected chi connectivity index (χ3v) is 3.51. The molecule has 2 rings (SSSR count). The largest absolute Gasteiger partial charge is 0.478 e. The first-order valence-electron chi connectivity index (χ1n) is 5.43. The molecule has 2 aromatic carbocycles. The van der Waals surface area contributed by atoms with E-state index in [0.717, 1.165) is 9.79 Å². The first-order chi connectivity index (χ1) is 8.56. The molecule has 0 unspecified atom stereocenters. The summed E-state index contributed by atoms with van der Waals surface area (Å²) < 4.78 is 0. The monoisotopic (exact) mass is 259 g/mol. The van der Waals surface area contributed by atoms with Gasteiger partial charge in [-0.2, -0.15) is 0 Å². The highest BCUT2D eigenvalue weighted by Gasteiger charge is 2.08. The van der Waals surface area contributed by atoms with Crippen molar-refractivity contribution in [1.29, 1.82) is 0 Å². The van der Waals surface area contributed by atoms with Crippen molar-refractivity contribution in [3.8, 4) is 0 Å². The highest BCUT2D eigenvalue weighted by molar-refractivity contribution is 7.99. The van der Waals surface area contributed by atoms with Gasteiger partial charge in [-0.05, 0) is 37.3 Å². The number of benzene rings is 2. The molecule has 92 valence electrons. The molecule has 0 atom stereocenters. The number of carboxylic acid groups (broad SMARTS) is 1. The second-order valence-corrected chi connectivity index (χ2v) is 5.12. The molecule has 0 saturated carbocycles. The fourth-order valence-corrected chi connectivity index (χ4v) is 2.41. The molecule has 0 aliphatic heterocycles. The molecule has 0 radical (unpaired) electrons. The van der Waals surface area contributed by atoms with Gasteiger partial charge in [0, 0.05) is 15.5 Å². The molecule has 0 amide bonds. The third kappa shape index (κ3) is 2.84. The molecular weight excluding hydrogens is 246 g/mol. The molecule has 0 aliphatic carbocycles. The molecule has 4 heteroatoms. The highest BCUT2D eigenvalue weighted by atomic mass is 32.2. The maximum atomic E-state index is 10.8. The molecule has 0 aromatic heterocycles. The zero-order valence-electron chi connectivity index (χ0n) is 9.88. The van der Waals surface area contributed by atoms with E-state index in [9.17, 15) is 4.79 Å². The van der Waals surface area contributed by atoms with E-state index in [4.69, 9.17) is 10.8 Å². The predicted molar refractivity (Wildman–Crippen MR) is 73.1 cm³/mol. The minimum absolute atomic E-state index is 0.142. The molecule has 0 bridgehead atoms. The van der Waals surface area contributed by atoms with Gasteiger partial charge in [-0.25, -0.2) is 4.79 Å². The van der Waals surface area contributed by atoms with Crippen molar-refractivity contribution >= 4 is 23.4 Å². The quantitative estimate of drug-likeness (QED) is 0.829. The zero-order valence-corrected chi connectivity index (χ0v) is 10.7. The van der Waals surface area contributed by atoms with Gasteiger partial charge in [0.05, 0.1) is 5.56 Å². The van der Waals surface area contributed by atoms with Crippen LogP contribution in [-0.2, 0) is 0 Å². The second kappa shape index (κ2) is 5.14. The Balaban J connectivity index is 2.22. The number of carbonyl (C=O) groups is 1. The number of rotatable bonds is 3. The summed E-state index contributed by atoms with van der Waals surface area (Å²) in [5.74, 6) is -1.00. The third-order valence-electron chi connectivity index (χ3n) is 2.51. The zero-order chi connectivity index (χ0) is 13.1. The van der Waals surface area contributed by atoms with Crippen LogP contribution in [0.25, 0.3) is 0 Å². The Labute approximate surface area is 110 Å². The van der Waals surface area contributed by atoms with Crippen LogP contribution in [0.15, 0.2) is 52.3 Å². The van der Waals surface area contributed by atoms with Crippen LogP contribution in [-0.4, -0.2) is 11.1 Å². The molecule has 3 N–H and O–H groups in total. The lowest BCUT2D eigenvalue weighted by molar-refractivity contribution is 0.0698. The Morgan fingerprint density at radius 1 is 1.11 bits per heavy atom. The number of nitrogen functional groups attached to an aromatic ring is 1. The van der Waals surface area contributed by atoms with Crippen LogP contribution in [0.5, 0.6) is 0 Å². The second-order valence-electron chi connectivity index (χ2n) is 3.97. The van der Waals surface area contributed by atoms with Crippen LogP contribution in [0.3, 0.4) is 0 Å². The van der Waals surface area contributed by atoms with Crippen LogP contribution in [0.4, 0.5) is 5.69 Å². The van der Waals surface area contributed by atoms with Crippen LogP contribution < -0.4 is 5.73 Å². The SMILES string of the molecule is Cc1ccc(Sc2ccc(C(=O)O)c(N)c2)cc1. The van der Waals surface area contributed by atoms with E-state index in [1.165, 1.54) is 11.6 Å². The lowest BCUT2D eigenvalue weighted by Crippen LogP contribution is -2.01. The first-order valence-corrected chi connectivity index (χ1v) is 6.25. The normalized spacial score (nSPS) is 10.3. The fourth-order valence-electron chi connectivity index (χ4n) is 1.54. The van der Waals surface area contributed by atoms with E-state index < -0.39 is 5.97 Å². The summed E-state index contributed by atoms with van der Waals surface area (Å²) in [4.78, 5) is 12.9. The summed E-state index contributed by atoms with van der Waals surface area (Å²) in [7, 11) is 0. The predicted octanol–water partition coefficient (Wildman–Crippen LogP) is 3.43. The summed E-state index contributed by atoms with van der Waals surface area (Å²) in [6, 6.07) is 13.1. The summed E-state index contributed by atoms with van der Waals surface area (Å²) in [5, 5.41) is 8.89. The van der Waals surface area contributed by atoms with Gasteiger partial charge in [0.2, 0.25) is 0 Å². The summed E-state index contributed by atoms with van der Waals surface area (Å²) in [6.07, 6.45) is 0. The first kappa shape index (κ1) is 12.5. The van der Waals surface area contributed by atoms with Crippen LogP contribution in [0.1, 0.15) is 15.9 Å². The number of nitrogens with two attached hydrogens (primary N) is 1. The minimum atomic E-state index is -1.00. The standard InChI is InChI=1S/C14H13NO2S/c1-9-2-4-10(5-3-9)18-11-6-7-12(14(16)17)13(15)8-11/h2-8H,15H2,1H3,(H,16,17). The minimum Gasteiger partial charge on any atom is -0.478 e. The Morgan fingerprint density at radius 3 is 2.28 bits per heavy atom. The number of carboxylic acids is 1. The average Bonchev–Trinajstić information content (AvgIpc) is 2.32. The summed E-state index contributed by atoms with van der Waals surface area (Å²) >= 11 is 1.56. The maximum Gasteiger partial charge on any atom is 0.337 e. The van der Waals surface area contributed by atoms with E-state index in [0.29, 0.717) is 5.69 Å². The highest BCUT2D eigenvalue weighted by Crippen LogP contribution is 2.30. The number of aromatic carboxylic acids is 1. The van der Waals surface area contributed by atoms with Crippen LogP contribution in [0.2, 0.25) is 0 Å². The van der Waals surface area contributed by atoms with Crippen molar-refractivity contribution in [2.24, 2.45) is 0 Å². The Kier molecular flexibility index (Phi) is 3.58. The van der Waals surface area contributed by atoms with Crippen molar-refractivity contribution in [2.75, 3.05) is 5.73 Å². The van der Waals surface area contributed by atoms with Gasteiger partial charge in [-0.1, -0.05) is 29.5 Å². The van der Waals surface area contributed by atoms with Crippen molar-refractivity contribution in [3.63, 3.8) is 0 Å². The molecule has 3 nitrogen and oxygen atoms in total. The number of hydrogen-bond acceptors (Lipinski definition) is 3. The Morgan fingerprint density at radius 2 is 1.72 bits per heavy atom. The average molecular weight is 259 g/mol. The van der Waals surface area contributed by atoms with E-state index >= 15 is 0 Å². The molecule has 0 aliphatic rings. The Bertz CT molecular complexity index is 579. The lowest BCUT2D eigenvalue weighted by atomic mass is 10.2. The van der Waals surface area contributed by atoms with E-state index in [1.54, 1.807) is 23.9 Å². The van der Waals surface area contributed by atoms with E-state index in [1.807, 2.05) is 31.2 Å². The van der Waals surface area contributed by atoms with Crippen molar-refractivity contribution in [2.45, 2.75) is 16.7 Å². The topological polar surface area (TPSA) is 63.3 Å². The van der Waals surface area contributed by atoms with Crippen LogP contribution in [0, 0.1) is 6.92 Å². The molecule has 0 fully saturated rings. The lowest BCUT2D eigenvalue weighted by Gasteiger charge is -2.05. The molecule has 0 heterocycles. The Hall–Kier alpha value is -1.94. The van der Waals surface area contributed by atoms with E-state index in [-0.39, 0.29) is 5.56 Å². The fraction of sp³-hybridized carbons (Fsp3) is 0.0714. The van der Waals surface area contributed by atoms with Gasteiger partial charge in [0.15, 0.2) is 0 Å². The number of hydrogen-bond donors (Lipinski definition) is 2. The van der Waals surface area contributed by atoms with Crippen molar-refractivity contribution in [1.82, 2.24) is 0 Å². The van der Waals surface area contributed by atoms with E-state index in [2.05, 4.69) is 0 Å². The molecular formula is C14H13NO2S. The molecule has 2 aromatic rings. The van der Waals surface area contributed by atoms with Gasteiger partial charge in [0.1, 0.15) is 0 Å². The molecule has 0 saturated heterocycles. The summed E-state index contributed by atoms with van der Waals surface area (Å²) in [5.41, 5.74) is 7.35. The van der Waals surface area contributed by atoms with Crippen molar-refractivity contribution < 1.29 is 9.90 Å². The number of anilines is 1. The van der Waals surface area contributed by atoms with Gasteiger partial charge in [-0.3, -0.25) is 0 Å². The van der Waals surface area contributed by atoms with Gasteiger partial charge in [-0.15, -0.1) is 0 Å². The molecule has 0 spiro atoms. The summed E-state index contributed by atoms with van der Waals surface area (Å²) in [6.45, 7) is 2.04. The number of aryl methyl sites for hydroxylation is 1. The van der Waals surface area contributed by atoms with Crippen molar-refractivity contribution in [3.05, 3.63) is 53.6 Å². The van der Waals surface area contributed by atoms with Gasteiger partial charge >= 0.3 is 5.97 Å².